The van der Waals surface area contributed by atoms with Crippen molar-refractivity contribution < 1.29 is 14.7 Å². The number of amides is 1. The molecule has 1 unspecified atom stereocenters. The van der Waals surface area contributed by atoms with Gasteiger partial charge in [0.1, 0.15) is 0 Å². The highest BCUT2D eigenvalue weighted by Crippen LogP contribution is 2.19. The molecule has 1 amide bonds. The molecule has 5 heteroatoms. The third kappa shape index (κ3) is 4.29. The van der Waals surface area contributed by atoms with E-state index >= 15 is 0 Å². The van der Waals surface area contributed by atoms with Crippen molar-refractivity contribution in [2.24, 2.45) is 0 Å². The first kappa shape index (κ1) is 15.0. The lowest BCUT2D eigenvalue weighted by Crippen LogP contribution is -2.31. The normalized spacial score (nSPS) is 12.2. The molecule has 1 heterocycles. The molecule has 0 saturated carbocycles. The number of carbonyl (C=O) groups excluding carboxylic acids is 1. The zero-order valence-electron chi connectivity index (χ0n) is 11.4. The Labute approximate surface area is 126 Å². The predicted octanol–water partition coefficient (Wildman–Crippen LogP) is 3.01. The minimum Gasteiger partial charge on any atom is -0.479 e. The molecular weight excluding hydrogens is 286 g/mol. The number of hydrogen-bond donors (Lipinski definition) is 2. The molecule has 108 valence electrons. The van der Waals surface area contributed by atoms with Crippen LogP contribution in [0.3, 0.4) is 0 Å². The number of benzene rings is 1. The highest BCUT2D eigenvalue weighted by Gasteiger charge is 2.21. The van der Waals surface area contributed by atoms with Crippen molar-refractivity contribution in [2.45, 2.75) is 13.0 Å². The second-order valence-corrected chi connectivity index (χ2v) is 5.52. The molecule has 0 aliphatic rings. The van der Waals surface area contributed by atoms with Gasteiger partial charge in [0.25, 0.3) is 0 Å². The van der Waals surface area contributed by atoms with E-state index in [0.717, 1.165) is 11.1 Å². The average molecular weight is 301 g/mol. The lowest BCUT2D eigenvalue weighted by Gasteiger charge is -2.11. The van der Waals surface area contributed by atoms with E-state index in [1.807, 2.05) is 31.2 Å². The monoisotopic (exact) mass is 301 g/mol. The van der Waals surface area contributed by atoms with Crippen molar-refractivity contribution in [3.8, 4) is 0 Å². The summed E-state index contributed by atoms with van der Waals surface area (Å²) >= 11 is 1.30. The van der Waals surface area contributed by atoms with Gasteiger partial charge in [-0.1, -0.05) is 35.9 Å². The molecule has 0 bridgehead atoms. The second-order valence-electron chi connectivity index (χ2n) is 4.54. The Balaban J connectivity index is 2.03. The number of hydrogen-bond acceptors (Lipinski definition) is 3. The lowest BCUT2D eigenvalue weighted by atomic mass is 10.1. The molecule has 0 fully saturated rings. The number of nitrogens with one attached hydrogen (secondary N) is 1. The van der Waals surface area contributed by atoms with E-state index in [1.54, 1.807) is 23.6 Å². The number of aliphatic carboxylic acids is 1. The molecule has 4 nitrogen and oxygen atoms in total. The van der Waals surface area contributed by atoms with Gasteiger partial charge in [-0.3, -0.25) is 4.79 Å². The molecule has 0 saturated heterocycles. The summed E-state index contributed by atoms with van der Waals surface area (Å²) in [6.07, 6.45) is 3.00. The third-order valence-corrected chi connectivity index (χ3v) is 3.80. The summed E-state index contributed by atoms with van der Waals surface area (Å²) in [5.74, 6) is -1.51. The Kier molecular flexibility index (Phi) is 4.90. The second kappa shape index (κ2) is 6.85. The zero-order chi connectivity index (χ0) is 15.2. The van der Waals surface area contributed by atoms with Crippen molar-refractivity contribution in [3.05, 3.63) is 63.9 Å². The standard InChI is InChI=1S/C16H15NO3S/c1-11-4-6-12(7-5-11)8-9-14(18)17-15(16(19)20)13-3-2-10-21-13/h2-10,15H,1H3,(H,17,18)(H,19,20)/b9-8+. The van der Waals surface area contributed by atoms with Gasteiger partial charge in [-0.2, -0.15) is 0 Å². The maximum Gasteiger partial charge on any atom is 0.331 e. The van der Waals surface area contributed by atoms with Crippen LogP contribution in [-0.2, 0) is 9.59 Å². The summed E-state index contributed by atoms with van der Waals surface area (Å²) in [6, 6.07) is 10.1. The van der Waals surface area contributed by atoms with Crippen LogP contribution in [0.1, 0.15) is 22.0 Å². The first-order valence-corrected chi connectivity index (χ1v) is 7.25. The molecule has 1 atom stereocenters. The van der Waals surface area contributed by atoms with Gasteiger partial charge in [-0.15, -0.1) is 11.3 Å². The summed E-state index contributed by atoms with van der Waals surface area (Å²) in [7, 11) is 0. The predicted molar refractivity (Wildman–Crippen MR) is 83.1 cm³/mol. The van der Waals surface area contributed by atoms with Crippen LogP contribution in [0.2, 0.25) is 0 Å². The highest BCUT2D eigenvalue weighted by atomic mass is 32.1. The van der Waals surface area contributed by atoms with Crippen molar-refractivity contribution in [1.29, 1.82) is 0 Å². The summed E-state index contributed by atoms with van der Waals surface area (Å²) in [5, 5.41) is 13.4. The molecule has 2 rings (SSSR count). The summed E-state index contributed by atoms with van der Waals surface area (Å²) in [6.45, 7) is 1.98. The Morgan fingerprint density at radius 2 is 1.95 bits per heavy atom. The van der Waals surface area contributed by atoms with Gasteiger partial charge in [0.05, 0.1) is 0 Å². The van der Waals surface area contributed by atoms with Crippen LogP contribution in [0, 0.1) is 6.92 Å². The van der Waals surface area contributed by atoms with E-state index in [1.165, 1.54) is 17.4 Å². The molecule has 1 aromatic carbocycles. The van der Waals surface area contributed by atoms with Gasteiger partial charge in [0.2, 0.25) is 5.91 Å². The SMILES string of the molecule is Cc1ccc(/C=C/C(=O)NC(C(=O)O)c2cccs2)cc1. The van der Waals surface area contributed by atoms with Gasteiger partial charge in [0, 0.05) is 11.0 Å². The number of carboxylic acid groups (broad SMARTS) is 1. The minimum absolute atomic E-state index is 0.434. The number of aryl methyl sites for hydroxylation is 1. The molecule has 0 aliphatic carbocycles. The molecule has 1 aromatic heterocycles. The van der Waals surface area contributed by atoms with Crippen LogP contribution in [0.5, 0.6) is 0 Å². The Bertz CT molecular complexity index is 645. The fraction of sp³-hybridized carbons (Fsp3) is 0.125. The first-order chi connectivity index (χ1) is 10.1. The van der Waals surface area contributed by atoms with Crippen molar-refractivity contribution in [1.82, 2.24) is 5.32 Å². The fourth-order valence-corrected chi connectivity index (χ4v) is 2.52. The maximum absolute atomic E-state index is 11.8. The summed E-state index contributed by atoms with van der Waals surface area (Å²) in [5.41, 5.74) is 2.03. The van der Waals surface area contributed by atoms with Crippen LogP contribution in [0.15, 0.2) is 47.9 Å². The van der Waals surface area contributed by atoms with E-state index in [0.29, 0.717) is 4.88 Å². The van der Waals surface area contributed by atoms with Gasteiger partial charge >= 0.3 is 5.97 Å². The minimum atomic E-state index is -1.07. The van der Waals surface area contributed by atoms with Gasteiger partial charge in [0.15, 0.2) is 6.04 Å². The molecule has 2 aromatic rings. The van der Waals surface area contributed by atoms with E-state index in [4.69, 9.17) is 0 Å². The highest BCUT2D eigenvalue weighted by molar-refractivity contribution is 7.10. The molecule has 0 aliphatic heterocycles. The largest absolute Gasteiger partial charge is 0.479 e. The Morgan fingerprint density at radius 1 is 1.24 bits per heavy atom. The third-order valence-electron chi connectivity index (χ3n) is 2.87. The number of carboxylic acids is 1. The van der Waals surface area contributed by atoms with Gasteiger partial charge in [-0.25, -0.2) is 4.79 Å². The van der Waals surface area contributed by atoms with Crippen molar-refractivity contribution in [2.75, 3.05) is 0 Å². The molecule has 21 heavy (non-hydrogen) atoms. The number of carbonyl (C=O) groups is 2. The van der Waals surface area contributed by atoms with Crippen LogP contribution in [-0.4, -0.2) is 17.0 Å². The molecule has 2 N–H and O–H groups in total. The van der Waals surface area contributed by atoms with Crippen LogP contribution in [0.4, 0.5) is 0 Å². The molecular formula is C16H15NO3S. The van der Waals surface area contributed by atoms with Crippen molar-refractivity contribution >= 4 is 29.3 Å². The van der Waals surface area contributed by atoms with Gasteiger partial charge in [-0.05, 0) is 30.0 Å². The quantitative estimate of drug-likeness (QED) is 0.834. The summed E-state index contributed by atoms with van der Waals surface area (Å²) < 4.78 is 0. The number of rotatable bonds is 5. The Hall–Kier alpha value is -2.40. The first-order valence-electron chi connectivity index (χ1n) is 6.38. The maximum atomic E-state index is 11.8. The van der Waals surface area contributed by atoms with E-state index in [2.05, 4.69) is 5.32 Å². The number of thiophene rings is 1. The average Bonchev–Trinajstić information content (AvgIpc) is 2.97. The smallest absolute Gasteiger partial charge is 0.331 e. The van der Waals surface area contributed by atoms with Gasteiger partial charge < -0.3 is 10.4 Å². The van der Waals surface area contributed by atoms with Crippen LogP contribution >= 0.6 is 11.3 Å². The van der Waals surface area contributed by atoms with Crippen LogP contribution in [0.25, 0.3) is 6.08 Å². The molecule has 0 spiro atoms. The summed E-state index contributed by atoms with van der Waals surface area (Å²) in [4.78, 5) is 23.6. The van der Waals surface area contributed by atoms with E-state index in [9.17, 15) is 14.7 Å². The topological polar surface area (TPSA) is 66.4 Å². The van der Waals surface area contributed by atoms with E-state index in [-0.39, 0.29) is 0 Å². The molecule has 0 radical (unpaired) electrons. The van der Waals surface area contributed by atoms with Crippen molar-refractivity contribution in [3.63, 3.8) is 0 Å². The van der Waals surface area contributed by atoms with E-state index < -0.39 is 17.9 Å². The van der Waals surface area contributed by atoms with Crippen LogP contribution < -0.4 is 5.32 Å². The Morgan fingerprint density at radius 3 is 2.52 bits per heavy atom. The fourth-order valence-electron chi connectivity index (χ4n) is 1.75. The lowest BCUT2D eigenvalue weighted by molar-refractivity contribution is -0.141. The zero-order valence-corrected chi connectivity index (χ0v) is 12.3.